The van der Waals surface area contributed by atoms with Crippen LogP contribution in [0.5, 0.6) is 0 Å². The van der Waals surface area contributed by atoms with Crippen LogP contribution in [0.25, 0.3) is 0 Å². The van der Waals surface area contributed by atoms with Crippen LogP contribution in [0.15, 0.2) is 28.7 Å². The summed E-state index contributed by atoms with van der Waals surface area (Å²) in [6.45, 7) is 0. The minimum Gasteiger partial charge on any atom is -0.220 e. The minimum atomic E-state index is 0.625. The van der Waals surface area contributed by atoms with E-state index in [2.05, 4.69) is 25.3 Å². The van der Waals surface area contributed by atoms with Crippen molar-refractivity contribution in [2.45, 2.75) is 5.75 Å². The molecule has 66 valence electrons. The first-order valence-corrected chi connectivity index (χ1v) is 4.87. The van der Waals surface area contributed by atoms with Gasteiger partial charge in [-0.25, -0.2) is 5.26 Å². The lowest BCUT2D eigenvalue weighted by molar-refractivity contribution is -0.432. The zero-order valence-electron chi connectivity index (χ0n) is 6.07. The molecule has 0 fully saturated rings. The van der Waals surface area contributed by atoms with Crippen LogP contribution in [0.2, 0.25) is 0 Å². The molecule has 3 nitrogen and oxygen atoms in total. The molecule has 0 spiro atoms. The molecule has 0 atom stereocenters. The summed E-state index contributed by atoms with van der Waals surface area (Å²) < 4.78 is 5.25. The fourth-order valence-electron chi connectivity index (χ4n) is 0.740. The molecule has 0 radical (unpaired) electrons. The zero-order chi connectivity index (χ0) is 8.81. The van der Waals surface area contributed by atoms with Gasteiger partial charge >= 0.3 is 0 Å². The van der Waals surface area contributed by atoms with E-state index >= 15 is 0 Å². The van der Waals surface area contributed by atoms with Crippen LogP contribution in [-0.4, -0.2) is 5.26 Å². The fraction of sp³-hybridized carbons (Fsp3) is 0.143. The molecule has 0 amide bonds. The second kappa shape index (κ2) is 5.55. The molecule has 0 aliphatic heterocycles. The van der Waals surface area contributed by atoms with Crippen molar-refractivity contribution in [1.82, 2.24) is 0 Å². The Kier molecular flexibility index (Phi) is 4.63. The Morgan fingerprint density at radius 2 is 2.33 bits per heavy atom. The molecular formula is C7H7BrO3S. The van der Waals surface area contributed by atoms with Gasteiger partial charge in [0.2, 0.25) is 0 Å². The number of hydrogen-bond acceptors (Lipinski definition) is 4. The molecule has 0 aliphatic rings. The van der Waals surface area contributed by atoms with E-state index in [1.54, 1.807) is 0 Å². The van der Waals surface area contributed by atoms with E-state index < -0.39 is 0 Å². The number of rotatable bonds is 4. The van der Waals surface area contributed by atoms with Gasteiger partial charge in [-0.15, -0.1) is 4.33 Å². The summed E-state index contributed by atoms with van der Waals surface area (Å²) >= 11 is 4.36. The van der Waals surface area contributed by atoms with E-state index in [4.69, 9.17) is 5.26 Å². The van der Waals surface area contributed by atoms with Crippen LogP contribution in [0.4, 0.5) is 0 Å². The van der Waals surface area contributed by atoms with Crippen molar-refractivity contribution < 1.29 is 14.6 Å². The van der Waals surface area contributed by atoms with Crippen molar-refractivity contribution in [3.05, 3.63) is 34.3 Å². The molecule has 0 saturated heterocycles. The third-order valence-electron chi connectivity index (χ3n) is 1.19. The van der Waals surface area contributed by atoms with Crippen LogP contribution < -0.4 is 0 Å². The van der Waals surface area contributed by atoms with Gasteiger partial charge < -0.3 is 0 Å². The lowest BCUT2D eigenvalue weighted by Gasteiger charge is -1.98. The lowest BCUT2D eigenvalue weighted by Crippen LogP contribution is -1.82. The number of hydrogen-bond donors (Lipinski definition) is 1. The van der Waals surface area contributed by atoms with E-state index in [-0.39, 0.29) is 0 Å². The third-order valence-corrected chi connectivity index (χ3v) is 2.29. The van der Waals surface area contributed by atoms with Crippen LogP contribution in [-0.2, 0) is 15.1 Å². The molecule has 12 heavy (non-hydrogen) atoms. The monoisotopic (exact) mass is 250 g/mol. The average Bonchev–Trinajstić information content (AvgIpc) is 2.05. The maximum absolute atomic E-state index is 7.85. The van der Waals surface area contributed by atoms with Gasteiger partial charge in [-0.1, -0.05) is 33.1 Å². The predicted octanol–water partition coefficient (Wildman–Crippen LogP) is 3.02. The van der Waals surface area contributed by atoms with Crippen molar-refractivity contribution in [2.24, 2.45) is 0 Å². The van der Waals surface area contributed by atoms with Crippen molar-refractivity contribution >= 4 is 28.0 Å². The van der Waals surface area contributed by atoms with Crippen molar-refractivity contribution in [3.8, 4) is 0 Å². The zero-order valence-corrected chi connectivity index (χ0v) is 8.47. The topological polar surface area (TPSA) is 38.7 Å². The SMILES string of the molecule is OOOSCc1cccc(Br)c1. The fourth-order valence-corrected chi connectivity index (χ4v) is 1.59. The first kappa shape index (κ1) is 10.0. The molecular weight excluding hydrogens is 244 g/mol. The van der Waals surface area contributed by atoms with Gasteiger partial charge in [-0.3, -0.25) is 0 Å². The van der Waals surface area contributed by atoms with Gasteiger partial charge in [0.15, 0.2) is 0 Å². The lowest BCUT2D eigenvalue weighted by atomic mass is 10.2. The summed E-state index contributed by atoms with van der Waals surface area (Å²) in [6.07, 6.45) is 0. The molecule has 5 heteroatoms. The average molecular weight is 251 g/mol. The molecule has 0 aliphatic carbocycles. The highest BCUT2D eigenvalue weighted by atomic mass is 79.9. The largest absolute Gasteiger partial charge is 0.220 e. The van der Waals surface area contributed by atoms with Gasteiger partial charge in [0.05, 0.1) is 0 Å². The van der Waals surface area contributed by atoms with Gasteiger partial charge in [-0.2, -0.15) is 0 Å². The van der Waals surface area contributed by atoms with Gasteiger partial charge in [-0.05, 0) is 17.7 Å². The summed E-state index contributed by atoms with van der Waals surface area (Å²) in [4.78, 5) is 0. The van der Waals surface area contributed by atoms with Crippen LogP contribution in [0, 0.1) is 0 Å². The predicted molar refractivity (Wildman–Crippen MR) is 50.2 cm³/mol. The van der Waals surface area contributed by atoms with Crippen molar-refractivity contribution in [3.63, 3.8) is 0 Å². The molecule has 0 unspecified atom stereocenters. The Morgan fingerprint density at radius 1 is 1.50 bits per heavy atom. The van der Waals surface area contributed by atoms with Crippen LogP contribution >= 0.6 is 28.0 Å². The van der Waals surface area contributed by atoms with Crippen molar-refractivity contribution in [2.75, 3.05) is 0 Å². The Labute approximate surface area is 82.9 Å². The normalized spacial score (nSPS) is 10.2. The highest BCUT2D eigenvalue weighted by Gasteiger charge is 1.95. The molecule has 1 rings (SSSR count). The van der Waals surface area contributed by atoms with E-state index in [9.17, 15) is 0 Å². The van der Waals surface area contributed by atoms with E-state index in [0.717, 1.165) is 22.1 Å². The summed E-state index contributed by atoms with van der Waals surface area (Å²) in [7, 11) is 0. The summed E-state index contributed by atoms with van der Waals surface area (Å²) in [5.41, 5.74) is 1.09. The molecule has 0 aromatic heterocycles. The first-order valence-electron chi connectivity index (χ1n) is 3.17. The molecule has 0 heterocycles. The summed E-state index contributed by atoms with van der Waals surface area (Å²) in [6, 6.07) is 7.80. The summed E-state index contributed by atoms with van der Waals surface area (Å²) in [5, 5.41) is 11.3. The number of halogens is 1. The Morgan fingerprint density at radius 3 is 3.00 bits per heavy atom. The van der Waals surface area contributed by atoms with Gasteiger partial charge in [0.25, 0.3) is 0 Å². The highest BCUT2D eigenvalue weighted by molar-refractivity contribution is 9.10. The minimum absolute atomic E-state index is 0.625. The van der Waals surface area contributed by atoms with E-state index in [1.807, 2.05) is 24.3 Å². The van der Waals surface area contributed by atoms with Crippen LogP contribution in [0.3, 0.4) is 0 Å². The van der Waals surface area contributed by atoms with Gasteiger partial charge in [0, 0.05) is 22.3 Å². The van der Waals surface area contributed by atoms with Crippen molar-refractivity contribution in [1.29, 1.82) is 0 Å². The number of benzene rings is 1. The first-order chi connectivity index (χ1) is 5.83. The molecule has 0 bridgehead atoms. The van der Waals surface area contributed by atoms with E-state index in [0.29, 0.717) is 5.75 Å². The Hall–Kier alpha value is -0.0700. The standard InChI is InChI=1S/C7H7BrO3S/c8-7-3-1-2-6(4-7)5-12-11-10-9/h1-4,9H,5H2. The van der Waals surface area contributed by atoms with E-state index in [1.165, 1.54) is 0 Å². The van der Waals surface area contributed by atoms with Crippen LogP contribution in [0.1, 0.15) is 5.56 Å². The molecule has 1 aromatic carbocycles. The maximum Gasteiger partial charge on any atom is 0.0481 e. The third kappa shape index (κ3) is 3.55. The second-order valence-corrected chi connectivity index (χ2v) is 3.61. The Balaban J connectivity index is 2.41. The molecule has 1 N–H and O–H groups in total. The maximum atomic E-state index is 7.85. The van der Waals surface area contributed by atoms with Gasteiger partial charge in [0.1, 0.15) is 0 Å². The second-order valence-electron chi connectivity index (χ2n) is 2.03. The molecule has 0 saturated carbocycles. The quantitative estimate of drug-likeness (QED) is 0.386. The summed E-state index contributed by atoms with van der Waals surface area (Å²) in [5.74, 6) is 0.625. The molecule has 1 aromatic rings. The Bertz CT molecular complexity index is 244. The smallest absolute Gasteiger partial charge is 0.0481 e. The highest BCUT2D eigenvalue weighted by Crippen LogP contribution is 2.17.